The third kappa shape index (κ3) is 3.75. The first kappa shape index (κ1) is 16.7. The van der Waals surface area contributed by atoms with Gasteiger partial charge in [-0.3, -0.25) is 9.59 Å². The van der Waals surface area contributed by atoms with Crippen molar-refractivity contribution in [2.24, 2.45) is 0 Å². The lowest BCUT2D eigenvalue weighted by Gasteiger charge is -2.14. The van der Waals surface area contributed by atoms with Crippen molar-refractivity contribution in [2.75, 3.05) is 20.6 Å². The number of carbonyl (C=O) groups is 2. The number of hydrogen-bond donors (Lipinski definition) is 2. The van der Waals surface area contributed by atoms with E-state index in [2.05, 4.69) is 10.6 Å². The van der Waals surface area contributed by atoms with E-state index in [9.17, 15) is 14.0 Å². The van der Waals surface area contributed by atoms with Crippen LogP contribution in [0.2, 0.25) is 5.02 Å². The maximum absolute atomic E-state index is 14.1. The van der Waals surface area contributed by atoms with Gasteiger partial charge < -0.3 is 15.5 Å². The quantitative estimate of drug-likeness (QED) is 0.882. The van der Waals surface area contributed by atoms with Crippen molar-refractivity contribution in [3.63, 3.8) is 0 Å². The summed E-state index contributed by atoms with van der Waals surface area (Å²) < 4.78 is 14.1. The van der Waals surface area contributed by atoms with Crippen LogP contribution in [-0.4, -0.2) is 43.4 Å². The van der Waals surface area contributed by atoms with Crippen LogP contribution in [0.1, 0.15) is 28.8 Å². The number of nitrogens with one attached hydrogen (secondary N) is 2. The summed E-state index contributed by atoms with van der Waals surface area (Å²) in [5.74, 6) is -1.05. The summed E-state index contributed by atoms with van der Waals surface area (Å²) in [6.07, 6.45) is 1.72. The second-order valence-corrected chi connectivity index (χ2v) is 5.90. The summed E-state index contributed by atoms with van der Waals surface area (Å²) in [4.78, 5) is 25.3. The number of nitrogens with zero attached hydrogens (tertiary/aromatic N) is 1. The number of amides is 2. The van der Waals surface area contributed by atoms with E-state index in [-0.39, 0.29) is 35.0 Å². The molecule has 0 aliphatic carbocycles. The molecule has 0 radical (unpaired) electrons. The molecular formula is C15H19ClFN3O2. The van der Waals surface area contributed by atoms with Crippen LogP contribution in [-0.2, 0) is 11.3 Å². The van der Waals surface area contributed by atoms with Crippen molar-refractivity contribution in [1.29, 1.82) is 0 Å². The third-order valence-corrected chi connectivity index (χ3v) is 3.86. The lowest BCUT2D eigenvalue weighted by Crippen LogP contribution is -2.40. The normalized spacial score (nSPS) is 17.4. The summed E-state index contributed by atoms with van der Waals surface area (Å²) in [5.41, 5.74) is 0.490. The Labute approximate surface area is 133 Å². The van der Waals surface area contributed by atoms with Gasteiger partial charge in [-0.05, 0) is 31.5 Å². The molecule has 1 heterocycles. The van der Waals surface area contributed by atoms with Crippen LogP contribution in [0.4, 0.5) is 4.39 Å². The van der Waals surface area contributed by atoms with Gasteiger partial charge in [-0.2, -0.15) is 0 Å². The second-order valence-electron chi connectivity index (χ2n) is 5.50. The minimum atomic E-state index is -0.614. The van der Waals surface area contributed by atoms with Crippen molar-refractivity contribution in [1.82, 2.24) is 15.5 Å². The molecular weight excluding hydrogens is 309 g/mol. The second kappa shape index (κ2) is 7.07. The molecule has 0 saturated carbocycles. The Morgan fingerprint density at radius 3 is 2.77 bits per heavy atom. The number of halogens is 2. The molecule has 2 amide bonds. The van der Waals surface area contributed by atoms with Gasteiger partial charge in [0.1, 0.15) is 5.82 Å². The lowest BCUT2D eigenvalue weighted by molar-refractivity contribution is -0.122. The molecule has 2 rings (SSSR count). The largest absolute Gasteiger partial charge is 0.351 e. The van der Waals surface area contributed by atoms with E-state index in [0.717, 1.165) is 19.4 Å². The van der Waals surface area contributed by atoms with Gasteiger partial charge in [-0.15, -0.1) is 0 Å². The molecule has 2 N–H and O–H groups in total. The molecule has 1 atom stereocenters. The fourth-order valence-electron chi connectivity index (χ4n) is 2.37. The van der Waals surface area contributed by atoms with Gasteiger partial charge in [-0.25, -0.2) is 4.39 Å². The van der Waals surface area contributed by atoms with Crippen molar-refractivity contribution >= 4 is 23.4 Å². The molecule has 1 aromatic carbocycles. The molecule has 1 aliphatic rings. The van der Waals surface area contributed by atoms with Gasteiger partial charge >= 0.3 is 0 Å². The third-order valence-electron chi connectivity index (χ3n) is 3.59. The predicted octanol–water partition coefficient (Wildman–Crippen LogP) is 1.55. The first-order chi connectivity index (χ1) is 10.4. The van der Waals surface area contributed by atoms with Crippen LogP contribution < -0.4 is 10.6 Å². The average Bonchev–Trinajstić information content (AvgIpc) is 3.01. The average molecular weight is 328 g/mol. The van der Waals surface area contributed by atoms with Crippen LogP contribution in [0.3, 0.4) is 0 Å². The van der Waals surface area contributed by atoms with Crippen molar-refractivity contribution in [3.05, 3.63) is 34.1 Å². The van der Waals surface area contributed by atoms with Crippen LogP contribution in [0.15, 0.2) is 12.1 Å². The monoisotopic (exact) mass is 327 g/mol. The first-order valence-electron chi connectivity index (χ1n) is 7.11. The maximum Gasteiger partial charge on any atom is 0.253 e. The van der Waals surface area contributed by atoms with Crippen LogP contribution in [0.5, 0.6) is 0 Å². The molecule has 0 spiro atoms. The highest BCUT2D eigenvalue weighted by Gasteiger charge is 2.22. The molecule has 1 aliphatic heterocycles. The Hall–Kier alpha value is -1.66. The topological polar surface area (TPSA) is 61.4 Å². The van der Waals surface area contributed by atoms with E-state index in [0.29, 0.717) is 5.56 Å². The van der Waals surface area contributed by atoms with Gasteiger partial charge in [0.25, 0.3) is 5.91 Å². The summed E-state index contributed by atoms with van der Waals surface area (Å²) in [6, 6.07) is 2.49. The Morgan fingerprint density at radius 2 is 2.18 bits per heavy atom. The highest BCUT2D eigenvalue weighted by Crippen LogP contribution is 2.22. The van der Waals surface area contributed by atoms with E-state index < -0.39 is 5.82 Å². The van der Waals surface area contributed by atoms with E-state index in [1.54, 1.807) is 14.1 Å². The van der Waals surface area contributed by atoms with Gasteiger partial charge in [0.15, 0.2) is 0 Å². The van der Waals surface area contributed by atoms with E-state index in [1.807, 2.05) is 0 Å². The van der Waals surface area contributed by atoms with Crippen LogP contribution in [0, 0.1) is 5.82 Å². The summed E-state index contributed by atoms with van der Waals surface area (Å²) in [5, 5.41) is 5.62. The maximum atomic E-state index is 14.1. The molecule has 0 aromatic heterocycles. The van der Waals surface area contributed by atoms with Gasteiger partial charge in [-0.1, -0.05) is 11.6 Å². The van der Waals surface area contributed by atoms with Gasteiger partial charge in [0.2, 0.25) is 5.91 Å². The molecule has 1 fully saturated rings. The van der Waals surface area contributed by atoms with Crippen molar-refractivity contribution < 1.29 is 14.0 Å². The zero-order chi connectivity index (χ0) is 16.3. The molecule has 1 saturated heterocycles. The standard InChI is InChI=1S/C15H19ClFN3O2/c1-20(2)15(22)9-6-10(13(17)11(16)7-9)8-19-14(21)12-4-3-5-18-12/h6-7,12,18H,3-5,8H2,1-2H3,(H,19,21)/t12-/m0/s1. The van der Waals surface area contributed by atoms with E-state index >= 15 is 0 Å². The number of rotatable bonds is 4. The molecule has 5 nitrogen and oxygen atoms in total. The van der Waals surface area contributed by atoms with Crippen molar-refractivity contribution in [3.8, 4) is 0 Å². The van der Waals surface area contributed by atoms with Crippen molar-refractivity contribution in [2.45, 2.75) is 25.4 Å². The fraction of sp³-hybridized carbons (Fsp3) is 0.467. The van der Waals surface area contributed by atoms with Crippen LogP contribution >= 0.6 is 11.6 Å². The van der Waals surface area contributed by atoms with Crippen LogP contribution in [0.25, 0.3) is 0 Å². The smallest absolute Gasteiger partial charge is 0.253 e. The Balaban J connectivity index is 2.12. The summed E-state index contributed by atoms with van der Waals surface area (Å²) in [6.45, 7) is 0.808. The molecule has 1 aromatic rings. The Bertz CT molecular complexity index is 586. The minimum absolute atomic E-state index is 0.00286. The predicted molar refractivity (Wildman–Crippen MR) is 82.3 cm³/mol. The zero-order valence-corrected chi connectivity index (χ0v) is 13.3. The highest BCUT2D eigenvalue weighted by molar-refractivity contribution is 6.31. The summed E-state index contributed by atoms with van der Waals surface area (Å²) >= 11 is 5.84. The summed E-state index contributed by atoms with van der Waals surface area (Å²) in [7, 11) is 3.21. The molecule has 7 heteroatoms. The molecule has 22 heavy (non-hydrogen) atoms. The first-order valence-corrected chi connectivity index (χ1v) is 7.48. The van der Waals surface area contributed by atoms with Gasteiger partial charge in [0.05, 0.1) is 11.1 Å². The van der Waals surface area contributed by atoms with Gasteiger partial charge in [0, 0.05) is 31.8 Å². The van der Waals surface area contributed by atoms with E-state index in [4.69, 9.17) is 11.6 Å². The number of carbonyl (C=O) groups excluding carboxylic acids is 2. The Morgan fingerprint density at radius 1 is 1.45 bits per heavy atom. The molecule has 0 unspecified atom stereocenters. The fourth-order valence-corrected chi connectivity index (χ4v) is 2.61. The SMILES string of the molecule is CN(C)C(=O)c1cc(Cl)c(F)c(CNC(=O)[C@@H]2CCCN2)c1. The number of hydrogen-bond acceptors (Lipinski definition) is 3. The lowest BCUT2D eigenvalue weighted by atomic mass is 10.1. The zero-order valence-electron chi connectivity index (χ0n) is 12.6. The minimum Gasteiger partial charge on any atom is -0.351 e. The number of benzene rings is 1. The highest BCUT2D eigenvalue weighted by atomic mass is 35.5. The van der Waals surface area contributed by atoms with E-state index in [1.165, 1.54) is 17.0 Å². The molecule has 120 valence electrons. The molecule has 0 bridgehead atoms. The Kier molecular flexibility index (Phi) is 5.37.